The molecule has 0 fully saturated rings. The van der Waals surface area contributed by atoms with Gasteiger partial charge in [0.05, 0.1) is 6.61 Å². The number of aryl methyl sites for hydroxylation is 1. The van der Waals surface area contributed by atoms with E-state index in [-0.39, 0.29) is 12.4 Å². The van der Waals surface area contributed by atoms with Crippen molar-refractivity contribution in [2.75, 3.05) is 6.61 Å². The number of para-hydroxylation sites is 1. The van der Waals surface area contributed by atoms with Crippen LogP contribution in [0, 0.1) is 0 Å². The Bertz CT molecular complexity index is 855. The van der Waals surface area contributed by atoms with E-state index in [0.29, 0.717) is 19.3 Å². The summed E-state index contributed by atoms with van der Waals surface area (Å²) in [7, 11) is 0. The molecule has 1 N–H and O–H groups in total. The summed E-state index contributed by atoms with van der Waals surface area (Å²) < 4.78 is 12.0. The first-order chi connectivity index (χ1) is 14.3. The fourth-order valence-corrected chi connectivity index (χ4v) is 3.28. The van der Waals surface area contributed by atoms with E-state index >= 15 is 0 Å². The van der Waals surface area contributed by atoms with Gasteiger partial charge in [0.2, 0.25) is 0 Å². The Labute approximate surface area is 186 Å². The molecule has 0 amide bonds. The van der Waals surface area contributed by atoms with Crippen molar-refractivity contribution in [3.05, 3.63) is 95.6 Å². The molecule has 1 unspecified atom stereocenters. The SMILES string of the molecule is CCOc1cccc(CNC(C)CCc2ccccc2)c1OCc1ccccc1.Cl. The standard InChI is InChI=1S/C26H31NO2.ClH/c1-3-28-25-16-10-15-24(26(25)29-20-23-13-8-5-9-14-23)19-27-21(2)17-18-22-11-6-4-7-12-22;/h4-16,21,27H,3,17-20H2,1-2H3;1H. The maximum atomic E-state index is 6.20. The Hall–Kier alpha value is -2.49. The molecule has 0 aromatic heterocycles. The minimum Gasteiger partial charge on any atom is -0.490 e. The van der Waals surface area contributed by atoms with Crippen LogP contribution in [-0.4, -0.2) is 12.6 Å². The van der Waals surface area contributed by atoms with Gasteiger partial charge in [-0.25, -0.2) is 0 Å². The van der Waals surface area contributed by atoms with Crippen LogP contribution in [0.1, 0.15) is 37.0 Å². The molecule has 0 aliphatic carbocycles. The van der Waals surface area contributed by atoms with Gasteiger partial charge in [0.25, 0.3) is 0 Å². The molecule has 160 valence electrons. The van der Waals surface area contributed by atoms with Gasteiger partial charge in [-0.2, -0.15) is 0 Å². The molecule has 0 bridgehead atoms. The largest absolute Gasteiger partial charge is 0.490 e. The average Bonchev–Trinajstić information content (AvgIpc) is 2.77. The zero-order valence-electron chi connectivity index (χ0n) is 17.8. The van der Waals surface area contributed by atoms with E-state index in [2.05, 4.69) is 60.8 Å². The molecule has 0 radical (unpaired) electrons. The van der Waals surface area contributed by atoms with Crippen LogP contribution >= 0.6 is 12.4 Å². The smallest absolute Gasteiger partial charge is 0.166 e. The predicted molar refractivity (Wildman–Crippen MR) is 127 cm³/mol. The van der Waals surface area contributed by atoms with Crippen molar-refractivity contribution in [2.45, 2.75) is 45.9 Å². The highest BCUT2D eigenvalue weighted by molar-refractivity contribution is 5.85. The first-order valence-electron chi connectivity index (χ1n) is 10.4. The van der Waals surface area contributed by atoms with Gasteiger partial charge in [-0.1, -0.05) is 72.8 Å². The lowest BCUT2D eigenvalue weighted by atomic mass is 10.1. The summed E-state index contributed by atoms with van der Waals surface area (Å²) in [5.41, 5.74) is 3.65. The Balaban J connectivity index is 0.00000320. The van der Waals surface area contributed by atoms with Crippen LogP contribution in [0.2, 0.25) is 0 Å². The summed E-state index contributed by atoms with van der Waals surface area (Å²) >= 11 is 0. The molecular formula is C26H32ClNO2. The summed E-state index contributed by atoms with van der Waals surface area (Å²) in [6.07, 6.45) is 2.17. The summed E-state index contributed by atoms with van der Waals surface area (Å²) in [6, 6.07) is 27.4. The summed E-state index contributed by atoms with van der Waals surface area (Å²) in [5, 5.41) is 3.64. The molecule has 3 rings (SSSR count). The molecule has 0 saturated carbocycles. The first-order valence-corrected chi connectivity index (χ1v) is 10.4. The Kier molecular flexibility index (Phi) is 10.3. The zero-order chi connectivity index (χ0) is 20.3. The third-order valence-electron chi connectivity index (χ3n) is 4.94. The van der Waals surface area contributed by atoms with E-state index in [0.717, 1.165) is 42.0 Å². The van der Waals surface area contributed by atoms with Crippen LogP contribution in [0.3, 0.4) is 0 Å². The molecule has 3 aromatic carbocycles. The van der Waals surface area contributed by atoms with Crippen LogP contribution < -0.4 is 14.8 Å². The van der Waals surface area contributed by atoms with E-state index in [9.17, 15) is 0 Å². The first kappa shape index (κ1) is 23.8. The Morgan fingerprint density at radius 2 is 1.47 bits per heavy atom. The monoisotopic (exact) mass is 425 g/mol. The number of nitrogens with one attached hydrogen (secondary N) is 1. The molecule has 0 saturated heterocycles. The number of ether oxygens (including phenoxy) is 2. The molecule has 0 aliphatic heterocycles. The second-order valence-electron chi connectivity index (χ2n) is 7.26. The topological polar surface area (TPSA) is 30.5 Å². The third-order valence-corrected chi connectivity index (χ3v) is 4.94. The molecule has 0 aliphatic rings. The van der Waals surface area contributed by atoms with Crippen LogP contribution in [0.5, 0.6) is 11.5 Å². The molecule has 1 atom stereocenters. The van der Waals surface area contributed by atoms with E-state index < -0.39 is 0 Å². The summed E-state index contributed by atoms with van der Waals surface area (Å²) in [6.45, 7) is 6.13. The lowest BCUT2D eigenvalue weighted by Crippen LogP contribution is -2.26. The number of benzene rings is 3. The lowest BCUT2D eigenvalue weighted by molar-refractivity contribution is 0.265. The normalized spacial score (nSPS) is 11.4. The average molecular weight is 426 g/mol. The van der Waals surface area contributed by atoms with Crippen molar-refractivity contribution >= 4 is 12.4 Å². The zero-order valence-corrected chi connectivity index (χ0v) is 18.7. The van der Waals surface area contributed by atoms with Gasteiger partial charge in [-0.05, 0) is 43.9 Å². The molecule has 3 aromatic rings. The number of hydrogen-bond acceptors (Lipinski definition) is 3. The third kappa shape index (κ3) is 7.40. The molecule has 4 heteroatoms. The molecule has 0 spiro atoms. The molecular weight excluding hydrogens is 394 g/mol. The van der Waals surface area contributed by atoms with Crippen molar-refractivity contribution in [3.8, 4) is 11.5 Å². The number of hydrogen-bond donors (Lipinski definition) is 1. The minimum atomic E-state index is 0. The molecule has 0 heterocycles. The van der Waals surface area contributed by atoms with E-state index in [1.165, 1.54) is 5.56 Å². The van der Waals surface area contributed by atoms with E-state index in [1.54, 1.807) is 0 Å². The minimum absolute atomic E-state index is 0. The van der Waals surface area contributed by atoms with Crippen molar-refractivity contribution < 1.29 is 9.47 Å². The highest BCUT2D eigenvalue weighted by atomic mass is 35.5. The van der Waals surface area contributed by atoms with Crippen LogP contribution in [-0.2, 0) is 19.6 Å². The number of halogens is 1. The summed E-state index contributed by atoms with van der Waals surface area (Å²) in [5.74, 6) is 1.64. The molecule has 30 heavy (non-hydrogen) atoms. The summed E-state index contributed by atoms with van der Waals surface area (Å²) in [4.78, 5) is 0. The second kappa shape index (κ2) is 12.9. The van der Waals surface area contributed by atoms with Gasteiger partial charge in [0.1, 0.15) is 6.61 Å². The van der Waals surface area contributed by atoms with Crippen molar-refractivity contribution in [1.29, 1.82) is 0 Å². The quantitative estimate of drug-likeness (QED) is 0.397. The fraction of sp³-hybridized carbons (Fsp3) is 0.308. The fourth-order valence-electron chi connectivity index (χ4n) is 3.28. The Morgan fingerprint density at radius 1 is 0.800 bits per heavy atom. The van der Waals surface area contributed by atoms with E-state index in [1.807, 2.05) is 37.3 Å². The van der Waals surface area contributed by atoms with Crippen LogP contribution in [0.4, 0.5) is 0 Å². The second-order valence-corrected chi connectivity index (χ2v) is 7.26. The van der Waals surface area contributed by atoms with Gasteiger partial charge in [-0.15, -0.1) is 12.4 Å². The number of rotatable bonds is 11. The maximum absolute atomic E-state index is 6.20. The van der Waals surface area contributed by atoms with Gasteiger partial charge in [-0.3, -0.25) is 0 Å². The van der Waals surface area contributed by atoms with Gasteiger partial charge < -0.3 is 14.8 Å². The molecule has 3 nitrogen and oxygen atoms in total. The van der Waals surface area contributed by atoms with Crippen molar-refractivity contribution in [2.24, 2.45) is 0 Å². The van der Waals surface area contributed by atoms with Crippen molar-refractivity contribution in [1.82, 2.24) is 5.32 Å². The van der Waals surface area contributed by atoms with Gasteiger partial charge in [0.15, 0.2) is 11.5 Å². The Morgan fingerprint density at radius 3 is 2.13 bits per heavy atom. The highest BCUT2D eigenvalue weighted by Crippen LogP contribution is 2.32. The lowest BCUT2D eigenvalue weighted by Gasteiger charge is -2.19. The van der Waals surface area contributed by atoms with Gasteiger partial charge in [0, 0.05) is 18.2 Å². The van der Waals surface area contributed by atoms with Gasteiger partial charge >= 0.3 is 0 Å². The van der Waals surface area contributed by atoms with Crippen molar-refractivity contribution in [3.63, 3.8) is 0 Å². The predicted octanol–water partition coefficient (Wildman–Crippen LogP) is 6.20. The van der Waals surface area contributed by atoms with Crippen LogP contribution in [0.25, 0.3) is 0 Å². The van der Waals surface area contributed by atoms with E-state index in [4.69, 9.17) is 9.47 Å². The highest BCUT2D eigenvalue weighted by Gasteiger charge is 2.12. The van der Waals surface area contributed by atoms with Crippen LogP contribution in [0.15, 0.2) is 78.9 Å². The maximum Gasteiger partial charge on any atom is 0.166 e.